The zero-order valence-electron chi connectivity index (χ0n) is 11.6. The highest BCUT2D eigenvalue weighted by Crippen LogP contribution is 2.44. The van der Waals surface area contributed by atoms with Gasteiger partial charge in [0.1, 0.15) is 0 Å². The first-order valence-corrected chi connectivity index (χ1v) is 7.91. The lowest BCUT2D eigenvalue weighted by Crippen LogP contribution is -2.22. The first-order chi connectivity index (χ1) is 9.28. The maximum Gasteiger partial charge on any atom is 0.0576 e. The van der Waals surface area contributed by atoms with Crippen LogP contribution in [0.15, 0.2) is 24.5 Å². The minimum atomic E-state index is 0.565. The van der Waals surface area contributed by atoms with Gasteiger partial charge in [-0.15, -0.1) is 11.3 Å². The van der Waals surface area contributed by atoms with Crippen molar-refractivity contribution in [1.82, 2.24) is 15.1 Å². The molecule has 0 aliphatic heterocycles. The quantitative estimate of drug-likeness (QED) is 0.873. The molecule has 1 fully saturated rings. The summed E-state index contributed by atoms with van der Waals surface area (Å²) in [5.41, 5.74) is 1.23. The van der Waals surface area contributed by atoms with Crippen LogP contribution in [0.5, 0.6) is 0 Å². The number of nitrogens with one attached hydrogen (secondary N) is 1. The molecular weight excluding hydrogens is 254 g/mol. The summed E-state index contributed by atoms with van der Waals surface area (Å²) in [7, 11) is 1.97. The molecule has 2 aromatic heterocycles. The van der Waals surface area contributed by atoms with Crippen molar-refractivity contribution in [3.63, 3.8) is 0 Å². The van der Waals surface area contributed by atoms with Crippen LogP contribution in [-0.4, -0.2) is 16.3 Å². The standard InChI is InChI=1S/C15H21N3S/c1-3-8-16-15(11-4-5-11)14-7-6-13(19-14)12-9-17-18(2)10-12/h6-7,9-11,15-16H,3-5,8H2,1-2H3. The summed E-state index contributed by atoms with van der Waals surface area (Å²) in [5.74, 6) is 0.854. The molecule has 1 N–H and O–H groups in total. The molecule has 0 amide bonds. The molecule has 1 unspecified atom stereocenters. The lowest BCUT2D eigenvalue weighted by atomic mass is 10.1. The molecule has 1 aliphatic carbocycles. The van der Waals surface area contributed by atoms with Gasteiger partial charge in [0, 0.05) is 34.6 Å². The summed E-state index contributed by atoms with van der Waals surface area (Å²) in [5, 5.41) is 7.96. The Balaban J connectivity index is 1.78. The van der Waals surface area contributed by atoms with E-state index in [0.717, 1.165) is 12.5 Å². The van der Waals surface area contributed by atoms with Gasteiger partial charge in [-0.25, -0.2) is 0 Å². The van der Waals surface area contributed by atoms with Crippen molar-refractivity contribution < 1.29 is 0 Å². The zero-order valence-corrected chi connectivity index (χ0v) is 12.4. The largest absolute Gasteiger partial charge is 0.309 e. The molecule has 0 spiro atoms. The second kappa shape index (κ2) is 5.47. The molecule has 0 aromatic carbocycles. The van der Waals surface area contributed by atoms with Crippen molar-refractivity contribution >= 4 is 11.3 Å². The van der Waals surface area contributed by atoms with Crippen LogP contribution in [0, 0.1) is 5.92 Å². The van der Waals surface area contributed by atoms with Crippen molar-refractivity contribution in [2.45, 2.75) is 32.2 Å². The van der Waals surface area contributed by atoms with Crippen molar-refractivity contribution in [3.8, 4) is 10.4 Å². The van der Waals surface area contributed by atoms with Gasteiger partial charge in [-0.3, -0.25) is 4.68 Å². The molecule has 0 radical (unpaired) electrons. The molecular formula is C15H21N3S. The van der Waals surface area contributed by atoms with E-state index in [9.17, 15) is 0 Å². The van der Waals surface area contributed by atoms with Gasteiger partial charge >= 0.3 is 0 Å². The summed E-state index contributed by atoms with van der Waals surface area (Å²) < 4.78 is 1.86. The first-order valence-electron chi connectivity index (χ1n) is 7.10. The Morgan fingerprint density at radius 1 is 1.47 bits per heavy atom. The number of nitrogens with zero attached hydrogens (tertiary/aromatic N) is 2. The monoisotopic (exact) mass is 275 g/mol. The number of rotatable bonds is 6. The van der Waals surface area contributed by atoms with E-state index >= 15 is 0 Å². The van der Waals surface area contributed by atoms with Gasteiger partial charge in [-0.1, -0.05) is 6.92 Å². The fourth-order valence-electron chi connectivity index (χ4n) is 2.45. The minimum absolute atomic E-state index is 0.565. The van der Waals surface area contributed by atoms with Crippen LogP contribution in [-0.2, 0) is 7.05 Å². The SMILES string of the molecule is CCCNC(c1ccc(-c2cnn(C)c2)s1)C1CC1. The van der Waals surface area contributed by atoms with Gasteiger partial charge < -0.3 is 5.32 Å². The Hall–Kier alpha value is -1.13. The second-order valence-corrected chi connectivity index (χ2v) is 6.49. The summed E-state index contributed by atoms with van der Waals surface area (Å²) >= 11 is 1.91. The highest BCUT2D eigenvalue weighted by atomic mass is 32.1. The van der Waals surface area contributed by atoms with Crippen LogP contribution in [0.3, 0.4) is 0 Å². The number of aryl methyl sites for hydroxylation is 1. The molecule has 2 aromatic rings. The van der Waals surface area contributed by atoms with Crippen LogP contribution in [0.2, 0.25) is 0 Å². The van der Waals surface area contributed by atoms with E-state index in [-0.39, 0.29) is 0 Å². The third-order valence-corrected chi connectivity index (χ3v) is 4.85. The molecule has 2 heterocycles. The van der Waals surface area contributed by atoms with Crippen molar-refractivity contribution in [2.24, 2.45) is 13.0 Å². The Morgan fingerprint density at radius 3 is 2.95 bits per heavy atom. The van der Waals surface area contributed by atoms with Gasteiger partial charge in [0.15, 0.2) is 0 Å². The molecule has 3 rings (SSSR count). The van der Waals surface area contributed by atoms with Gasteiger partial charge in [-0.05, 0) is 43.9 Å². The Kier molecular flexibility index (Phi) is 3.71. The molecule has 3 nitrogen and oxygen atoms in total. The lowest BCUT2D eigenvalue weighted by Gasteiger charge is -2.16. The normalized spacial score (nSPS) is 16.7. The highest BCUT2D eigenvalue weighted by molar-refractivity contribution is 7.15. The van der Waals surface area contributed by atoms with Gasteiger partial charge in [-0.2, -0.15) is 5.10 Å². The smallest absolute Gasteiger partial charge is 0.0576 e. The summed E-state index contributed by atoms with van der Waals surface area (Å²) in [4.78, 5) is 2.81. The highest BCUT2D eigenvalue weighted by Gasteiger charge is 2.32. The van der Waals surface area contributed by atoms with Crippen LogP contribution in [0.25, 0.3) is 10.4 Å². The third-order valence-electron chi connectivity index (χ3n) is 3.63. The number of aromatic nitrogens is 2. The molecule has 0 saturated heterocycles. The maximum atomic E-state index is 4.25. The summed E-state index contributed by atoms with van der Waals surface area (Å²) in [6.07, 6.45) is 7.98. The molecule has 102 valence electrons. The van der Waals surface area contributed by atoms with Crippen LogP contribution >= 0.6 is 11.3 Å². The fraction of sp³-hybridized carbons (Fsp3) is 0.533. The lowest BCUT2D eigenvalue weighted by molar-refractivity contribution is 0.488. The topological polar surface area (TPSA) is 29.9 Å². The molecule has 19 heavy (non-hydrogen) atoms. The number of hydrogen-bond acceptors (Lipinski definition) is 3. The Labute approximate surface area is 118 Å². The summed E-state index contributed by atoms with van der Waals surface area (Å²) in [6, 6.07) is 5.09. The van der Waals surface area contributed by atoms with Crippen LogP contribution < -0.4 is 5.32 Å². The van der Waals surface area contributed by atoms with Crippen molar-refractivity contribution in [1.29, 1.82) is 0 Å². The fourth-order valence-corrected chi connectivity index (χ4v) is 3.60. The van der Waals surface area contributed by atoms with Crippen LogP contribution in [0.4, 0.5) is 0 Å². The van der Waals surface area contributed by atoms with E-state index in [1.807, 2.05) is 29.3 Å². The maximum absolute atomic E-state index is 4.25. The predicted molar refractivity (Wildman–Crippen MR) is 80.3 cm³/mol. The van der Waals surface area contributed by atoms with Gasteiger partial charge in [0.05, 0.1) is 6.20 Å². The molecule has 0 bridgehead atoms. The average Bonchev–Trinajstić information content (AvgIpc) is 2.95. The Morgan fingerprint density at radius 2 is 2.32 bits per heavy atom. The van der Waals surface area contributed by atoms with Crippen molar-refractivity contribution in [3.05, 3.63) is 29.4 Å². The third kappa shape index (κ3) is 2.90. The molecule has 1 atom stereocenters. The van der Waals surface area contributed by atoms with E-state index in [4.69, 9.17) is 0 Å². The van der Waals surface area contributed by atoms with Crippen LogP contribution in [0.1, 0.15) is 37.1 Å². The van der Waals surface area contributed by atoms with E-state index in [1.165, 1.54) is 34.6 Å². The van der Waals surface area contributed by atoms with Gasteiger partial charge in [0.25, 0.3) is 0 Å². The molecule has 1 saturated carbocycles. The van der Waals surface area contributed by atoms with Crippen molar-refractivity contribution in [2.75, 3.05) is 6.54 Å². The number of hydrogen-bond donors (Lipinski definition) is 1. The number of thiophene rings is 1. The second-order valence-electron chi connectivity index (χ2n) is 5.37. The Bertz CT molecular complexity index is 539. The zero-order chi connectivity index (χ0) is 13.2. The molecule has 1 aliphatic rings. The minimum Gasteiger partial charge on any atom is -0.309 e. The van der Waals surface area contributed by atoms with E-state index < -0.39 is 0 Å². The van der Waals surface area contributed by atoms with E-state index in [0.29, 0.717) is 6.04 Å². The molecule has 4 heteroatoms. The van der Waals surface area contributed by atoms with E-state index in [1.54, 1.807) is 0 Å². The predicted octanol–water partition coefficient (Wildman–Crippen LogP) is 3.60. The first kappa shape index (κ1) is 12.9. The van der Waals surface area contributed by atoms with Gasteiger partial charge in [0.2, 0.25) is 0 Å². The summed E-state index contributed by atoms with van der Waals surface area (Å²) in [6.45, 7) is 3.34. The van der Waals surface area contributed by atoms with E-state index in [2.05, 4.69) is 35.7 Å². The average molecular weight is 275 g/mol.